The fourth-order valence-electron chi connectivity index (χ4n) is 1.71. The molecular weight excluding hydrogens is 253 g/mol. The molecule has 0 saturated heterocycles. The van der Waals surface area contributed by atoms with Crippen LogP contribution in [0.15, 0.2) is 23.2 Å². The van der Waals surface area contributed by atoms with Crippen LogP contribution in [-0.4, -0.2) is 18.9 Å². The summed E-state index contributed by atoms with van der Waals surface area (Å²) in [5, 5.41) is 3.03. The molecule has 1 aromatic rings. The SMILES string of the molecule is FC(F)(F)c1cc(Cl)ccc1CC1=NCCN1. The average Bonchev–Trinajstić information content (AvgIpc) is 2.72. The van der Waals surface area contributed by atoms with Gasteiger partial charge in [-0.1, -0.05) is 17.7 Å². The van der Waals surface area contributed by atoms with Crippen molar-refractivity contribution in [2.24, 2.45) is 4.99 Å². The highest BCUT2D eigenvalue weighted by atomic mass is 35.5. The number of hydrogen-bond acceptors (Lipinski definition) is 2. The Morgan fingerprint density at radius 3 is 2.71 bits per heavy atom. The standard InChI is InChI=1S/C11H10ClF3N2/c12-8-2-1-7(5-10-16-3-4-17-10)9(6-8)11(13,14)15/h1-2,6H,3-5H2,(H,16,17). The van der Waals surface area contributed by atoms with Crippen molar-refractivity contribution in [1.82, 2.24) is 5.32 Å². The molecule has 0 spiro atoms. The first kappa shape index (κ1) is 12.2. The van der Waals surface area contributed by atoms with E-state index in [4.69, 9.17) is 11.6 Å². The number of nitrogens with one attached hydrogen (secondary N) is 1. The fraction of sp³-hybridized carbons (Fsp3) is 0.364. The highest BCUT2D eigenvalue weighted by Crippen LogP contribution is 2.34. The molecule has 1 aromatic carbocycles. The normalized spacial score (nSPS) is 15.6. The number of hydrogen-bond donors (Lipinski definition) is 1. The van der Waals surface area contributed by atoms with Gasteiger partial charge >= 0.3 is 6.18 Å². The second kappa shape index (κ2) is 4.56. The lowest BCUT2D eigenvalue weighted by atomic mass is 10.0. The molecule has 0 fully saturated rings. The topological polar surface area (TPSA) is 24.4 Å². The van der Waals surface area contributed by atoms with Crippen LogP contribution < -0.4 is 5.32 Å². The van der Waals surface area contributed by atoms with E-state index < -0.39 is 11.7 Å². The van der Waals surface area contributed by atoms with Gasteiger partial charge in [0.15, 0.2) is 0 Å². The minimum Gasteiger partial charge on any atom is -0.372 e. The third-order valence-corrected chi connectivity index (χ3v) is 2.71. The minimum absolute atomic E-state index is 0.0856. The molecule has 0 aliphatic carbocycles. The number of aliphatic imine (C=N–C) groups is 1. The molecule has 0 atom stereocenters. The van der Waals surface area contributed by atoms with E-state index in [-0.39, 0.29) is 17.0 Å². The Bertz CT molecular complexity index is 455. The van der Waals surface area contributed by atoms with Crippen molar-refractivity contribution in [3.63, 3.8) is 0 Å². The summed E-state index contributed by atoms with van der Waals surface area (Å²) in [6, 6.07) is 3.81. The summed E-state index contributed by atoms with van der Waals surface area (Å²) in [4.78, 5) is 4.08. The Labute approximate surface area is 101 Å². The van der Waals surface area contributed by atoms with Gasteiger partial charge in [0, 0.05) is 18.0 Å². The van der Waals surface area contributed by atoms with E-state index >= 15 is 0 Å². The number of benzene rings is 1. The van der Waals surface area contributed by atoms with Crippen molar-refractivity contribution in [3.8, 4) is 0 Å². The molecule has 1 heterocycles. The van der Waals surface area contributed by atoms with E-state index in [1.54, 1.807) is 0 Å². The lowest BCUT2D eigenvalue weighted by Gasteiger charge is -2.13. The third kappa shape index (κ3) is 2.91. The predicted octanol–water partition coefficient (Wildman–Crippen LogP) is 2.90. The molecule has 0 amide bonds. The Morgan fingerprint density at radius 2 is 2.12 bits per heavy atom. The molecule has 0 radical (unpaired) electrons. The third-order valence-electron chi connectivity index (χ3n) is 2.48. The van der Waals surface area contributed by atoms with E-state index in [9.17, 15) is 13.2 Å². The van der Waals surface area contributed by atoms with Gasteiger partial charge in [-0.15, -0.1) is 0 Å². The van der Waals surface area contributed by atoms with Gasteiger partial charge in [-0.25, -0.2) is 0 Å². The number of amidine groups is 1. The summed E-state index contributed by atoms with van der Waals surface area (Å²) in [5.41, 5.74) is -0.503. The van der Waals surface area contributed by atoms with Crippen molar-refractivity contribution in [1.29, 1.82) is 0 Å². The van der Waals surface area contributed by atoms with Crippen LogP contribution in [0.1, 0.15) is 11.1 Å². The van der Waals surface area contributed by atoms with Crippen LogP contribution in [0.25, 0.3) is 0 Å². The highest BCUT2D eigenvalue weighted by molar-refractivity contribution is 6.30. The van der Waals surface area contributed by atoms with E-state index in [1.165, 1.54) is 12.1 Å². The molecule has 1 aliphatic heterocycles. The Morgan fingerprint density at radius 1 is 1.35 bits per heavy atom. The Kier molecular flexibility index (Phi) is 3.28. The minimum atomic E-state index is -4.39. The Hall–Kier alpha value is -1.23. The van der Waals surface area contributed by atoms with E-state index in [0.29, 0.717) is 18.9 Å². The highest BCUT2D eigenvalue weighted by Gasteiger charge is 2.33. The van der Waals surface area contributed by atoms with Crippen LogP contribution >= 0.6 is 11.6 Å². The van der Waals surface area contributed by atoms with Gasteiger partial charge in [-0.3, -0.25) is 4.99 Å². The molecule has 0 saturated carbocycles. The second-order valence-electron chi connectivity index (χ2n) is 3.73. The van der Waals surface area contributed by atoms with Crippen LogP contribution in [0.2, 0.25) is 5.02 Å². The molecule has 1 aliphatic rings. The predicted molar refractivity (Wildman–Crippen MR) is 60.5 cm³/mol. The first-order valence-corrected chi connectivity index (χ1v) is 5.47. The number of rotatable bonds is 2. The van der Waals surface area contributed by atoms with Crippen LogP contribution in [0.3, 0.4) is 0 Å². The zero-order valence-electron chi connectivity index (χ0n) is 8.81. The van der Waals surface area contributed by atoms with Crippen molar-refractivity contribution in [2.45, 2.75) is 12.6 Å². The van der Waals surface area contributed by atoms with Gasteiger partial charge in [-0.2, -0.15) is 13.2 Å². The maximum absolute atomic E-state index is 12.8. The van der Waals surface area contributed by atoms with Crippen molar-refractivity contribution in [2.75, 3.05) is 13.1 Å². The molecule has 0 aromatic heterocycles. The van der Waals surface area contributed by atoms with Gasteiger partial charge in [0.05, 0.1) is 12.1 Å². The van der Waals surface area contributed by atoms with E-state index in [0.717, 1.165) is 6.07 Å². The van der Waals surface area contributed by atoms with Crippen LogP contribution in [-0.2, 0) is 12.6 Å². The molecule has 2 rings (SSSR count). The van der Waals surface area contributed by atoms with Crippen LogP contribution in [0.4, 0.5) is 13.2 Å². The smallest absolute Gasteiger partial charge is 0.372 e. The lowest BCUT2D eigenvalue weighted by molar-refractivity contribution is -0.138. The van der Waals surface area contributed by atoms with Crippen LogP contribution in [0.5, 0.6) is 0 Å². The summed E-state index contributed by atoms with van der Waals surface area (Å²) in [6.45, 7) is 1.30. The maximum atomic E-state index is 12.8. The Balaban J connectivity index is 2.32. The van der Waals surface area contributed by atoms with Crippen LogP contribution in [0, 0.1) is 0 Å². The summed E-state index contributed by atoms with van der Waals surface area (Å²) >= 11 is 5.59. The maximum Gasteiger partial charge on any atom is 0.416 e. The monoisotopic (exact) mass is 262 g/mol. The quantitative estimate of drug-likeness (QED) is 0.871. The van der Waals surface area contributed by atoms with Gasteiger partial charge in [0.25, 0.3) is 0 Å². The first-order chi connectivity index (χ1) is 7.97. The average molecular weight is 263 g/mol. The molecule has 17 heavy (non-hydrogen) atoms. The van der Waals surface area contributed by atoms with E-state index in [1.807, 2.05) is 0 Å². The molecule has 2 nitrogen and oxygen atoms in total. The number of halogens is 4. The molecular formula is C11H10ClF3N2. The fourth-order valence-corrected chi connectivity index (χ4v) is 1.88. The second-order valence-corrected chi connectivity index (χ2v) is 4.17. The zero-order valence-corrected chi connectivity index (χ0v) is 9.57. The molecule has 1 N–H and O–H groups in total. The number of nitrogens with zero attached hydrogens (tertiary/aromatic N) is 1. The molecule has 0 unspecified atom stereocenters. The largest absolute Gasteiger partial charge is 0.416 e. The lowest BCUT2D eigenvalue weighted by Crippen LogP contribution is -2.22. The van der Waals surface area contributed by atoms with Crippen molar-refractivity contribution in [3.05, 3.63) is 34.3 Å². The summed E-state index contributed by atoms with van der Waals surface area (Å²) in [6.07, 6.45) is -4.23. The van der Waals surface area contributed by atoms with Gasteiger partial charge in [0.1, 0.15) is 5.84 Å². The first-order valence-electron chi connectivity index (χ1n) is 5.09. The van der Waals surface area contributed by atoms with Crippen molar-refractivity contribution >= 4 is 17.4 Å². The van der Waals surface area contributed by atoms with Gasteiger partial charge in [0.2, 0.25) is 0 Å². The van der Waals surface area contributed by atoms with E-state index in [2.05, 4.69) is 10.3 Å². The molecule has 0 bridgehead atoms. The number of alkyl halides is 3. The summed E-state index contributed by atoms with van der Waals surface area (Å²) in [5.74, 6) is 0.595. The summed E-state index contributed by atoms with van der Waals surface area (Å²) in [7, 11) is 0. The van der Waals surface area contributed by atoms with Gasteiger partial charge in [-0.05, 0) is 17.7 Å². The summed E-state index contributed by atoms with van der Waals surface area (Å²) < 4.78 is 38.4. The van der Waals surface area contributed by atoms with Crippen molar-refractivity contribution < 1.29 is 13.2 Å². The zero-order chi connectivity index (χ0) is 12.5. The molecule has 6 heteroatoms. The molecule has 92 valence electrons. The van der Waals surface area contributed by atoms with Gasteiger partial charge < -0.3 is 5.32 Å².